The Morgan fingerprint density at radius 2 is 1.95 bits per heavy atom. The summed E-state index contributed by atoms with van der Waals surface area (Å²) in [5.74, 6) is -1.01. The van der Waals surface area contributed by atoms with Crippen molar-refractivity contribution in [3.8, 4) is 5.75 Å². The molecule has 19 heavy (non-hydrogen) atoms. The number of methoxy groups -OCH3 is 1. The summed E-state index contributed by atoms with van der Waals surface area (Å²) in [6.07, 6.45) is 0. The number of benzene rings is 1. The molecule has 0 saturated heterocycles. The molecule has 0 bridgehead atoms. The van der Waals surface area contributed by atoms with Gasteiger partial charge < -0.3 is 9.84 Å². The van der Waals surface area contributed by atoms with Gasteiger partial charge in [0.2, 0.25) is 10.0 Å². The van der Waals surface area contributed by atoms with Crippen LogP contribution in [0.3, 0.4) is 0 Å². The lowest BCUT2D eigenvalue weighted by atomic mass is 10.3. The van der Waals surface area contributed by atoms with E-state index >= 15 is 0 Å². The van der Waals surface area contributed by atoms with E-state index in [0.29, 0.717) is 0 Å². The van der Waals surface area contributed by atoms with Gasteiger partial charge in [0.15, 0.2) is 0 Å². The minimum absolute atomic E-state index is 0.0348. The molecule has 0 aliphatic carbocycles. The Hall–Kier alpha value is -1.60. The molecule has 1 rings (SSSR count). The molecule has 0 aliphatic rings. The van der Waals surface area contributed by atoms with E-state index in [0.717, 1.165) is 4.31 Å². The summed E-state index contributed by atoms with van der Waals surface area (Å²) >= 11 is 0. The lowest BCUT2D eigenvalue weighted by Gasteiger charge is -2.24. The molecule has 1 N–H and O–H groups in total. The van der Waals surface area contributed by atoms with E-state index in [9.17, 15) is 13.2 Å². The Balaban J connectivity index is 3.31. The number of aliphatic carboxylic acids is 1. The van der Waals surface area contributed by atoms with Crippen LogP contribution >= 0.6 is 0 Å². The van der Waals surface area contributed by atoms with Crippen LogP contribution in [0, 0.1) is 0 Å². The Bertz CT molecular complexity index is 553. The van der Waals surface area contributed by atoms with E-state index in [1.165, 1.54) is 19.2 Å². The van der Waals surface area contributed by atoms with Crippen molar-refractivity contribution >= 4 is 16.0 Å². The Kier molecular flexibility index (Phi) is 4.90. The van der Waals surface area contributed by atoms with Crippen LogP contribution in [0.4, 0.5) is 0 Å². The third kappa shape index (κ3) is 3.45. The smallest absolute Gasteiger partial charge is 0.318 e. The number of rotatable bonds is 6. The second-order valence-corrected chi connectivity index (χ2v) is 6.05. The molecular weight excluding hydrogens is 270 g/mol. The quantitative estimate of drug-likeness (QED) is 0.849. The van der Waals surface area contributed by atoms with Gasteiger partial charge >= 0.3 is 5.97 Å². The van der Waals surface area contributed by atoms with Gasteiger partial charge in [0.05, 0.1) is 7.11 Å². The molecule has 1 aromatic carbocycles. The average molecular weight is 287 g/mol. The number of nitrogens with zero attached hydrogens (tertiary/aromatic N) is 1. The van der Waals surface area contributed by atoms with E-state index in [1.54, 1.807) is 26.0 Å². The fourth-order valence-electron chi connectivity index (χ4n) is 1.64. The molecule has 0 aromatic heterocycles. The summed E-state index contributed by atoms with van der Waals surface area (Å²) < 4.78 is 30.9. The maximum absolute atomic E-state index is 12.5. The highest BCUT2D eigenvalue weighted by Crippen LogP contribution is 2.27. The standard InChI is InChI=1S/C12H17NO5S/c1-9(2)13(8-12(14)15)19(16,17)11-7-5-4-6-10(11)18-3/h4-7,9H,8H2,1-3H3,(H,14,15). The number of carboxylic acid groups (broad SMARTS) is 1. The Morgan fingerprint density at radius 1 is 1.37 bits per heavy atom. The molecule has 0 saturated carbocycles. The summed E-state index contributed by atoms with van der Waals surface area (Å²) in [7, 11) is -2.54. The van der Waals surface area contributed by atoms with Crippen molar-refractivity contribution in [2.75, 3.05) is 13.7 Å². The van der Waals surface area contributed by atoms with E-state index < -0.39 is 28.6 Å². The van der Waals surface area contributed by atoms with Crippen LogP contribution in [0.5, 0.6) is 5.75 Å². The van der Waals surface area contributed by atoms with Gasteiger partial charge in [-0.1, -0.05) is 12.1 Å². The normalized spacial score (nSPS) is 11.8. The van der Waals surface area contributed by atoms with Crippen molar-refractivity contribution in [3.63, 3.8) is 0 Å². The number of ether oxygens (including phenoxy) is 1. The number of carboxylic acids is 1. The van der Waals surface area contributed by atoms with Crippen LogP contribution in [-0.4, -0.2) is 43.5 Å². The molecule has 0 unspecified atom stereocenters. The molecule has 7 heteroatoms. The van der Waals surface area contributed by atoms with Crippen LogP contribution in [0.15, 0.2) is 29.2 Å². The number of carbonyl (C=O) groups is 1. The van der Waals surface area contributed by atoms with Gasteiger partial charge in [-0.2, -0.15) is 4.31 Å². The zero-order valence-corrected chi connectivity index (χ0v) is 11.8. The monoisotopic (exact) mass is 287 g/mol. The predicted octanol–water partition coefficient (Wildman–Crippen LogP) is 1.18. The molecule has 6 nitrogen and oxygen atoms in total. The van der Waals surface area contributed by atoms with Crippen molar-refractivity contribution < 1.29 is 23.1 Å². The van der Waals surface area contributed by atoms with Gasteiger partial charge in [-0.25, -0.2) is 8.42 Å². The first-order valence-corrected chi connectivity index (χ1v) is 7.11. The van der Waals surface area contributed by atoms with E-state index in [-0.39, 0.29) is 10.6 Å². The Morgan fingerprint density at radius 3 is 2.42 bits per heavy atom. The first-order chi connectivity index (χ1) is 8.80. The fraction of sp³-hybridized carbons (Fsp3) is 0.417. The summed E-state index contributed by atoms with van der Waals surface area (Å²) in [4.78, 5) is 10.8. The van der Waals surface area contributed by atoms with Crippen LogP contribution < -0.4 is 4.74 Å². The largest absolute Gasteiger partial charge is 0.495 e. The van der Waals surface area contributed by atoms with Gasteiger partial charge in [0, 0.05) is 6.04 Å². The molecule has 0 spiro atoms. The molecule has 0 heterocycles. The maximum atomic E-state index is 12.5. The predicted molar refractivity (Wildman–Crippen MR) is 69.7 cm³/mol. The third-order valence-electron chi connectivity index (χ3n) is 2.52. The molecule has 0 amide bonds. The van der Waals surface area contributed by atoms with E-state index in [2.05, 4.69) is 0 Å². The minimum Gasteiger partial charge on any atom is -0.495 e. The lowest BCUT2D eigenvalue weighted by molar-refractivity contribution is -0.137. The number of sulfonamides is 1. The van der Waals surface area contributed by atoms with E-state index in [1.807, 2.05) is 0 Å². The molecule has 0 radical (unpaired) electrons. The minimum atomic E-state index is -3.91. The molecule has 1 aromatic rings. The van der Waals surface area contributed by atoms with Crippen molar-refractivity contribution in [2.24, 2.45) is 0 Å². The molecule has 0 aliphatic heterocycles. The van der Waals surface area contributed by atoms with Gasteiger partial charge in [-0.3, -0.25) is 4.79 Å². The van der Waals surface area contributed by atoms with Gasteiger partial charge in [-0.15, -0.1) is 0 Å². The van der Waals surface area contributed by atoms with Crippen LogP contribution in [0.1, 0.15) is 13.8 Å². The van der Waals surface area contributed by atoms with Gasteiger partial charge in [-0.05, 0) is 26.0 Å². The highest BCUT2D eigenvalue weighted by Gasteiger charge is 2.31. The highest BCUT2D eigenvalue weighted by molar-refractivity contribution is 7.89. The van der Waals surface area contributed by atoms with Crippen molar-refractivity contribution in [1.29, 1.82) is 0 Å². The van der Waals surface area contributed by atoms with Crippen molar-refractivity contribution in [2.45, 2.75) is 24.8 Å². The zero-order chi connectivity index (χ0) is 14.6. The van der Waals surface area contributed by atoms with Crippen molar-refractivity contribution in [3.05, 3.63) is 24.3 Å². The second-order valence-electron chi connectivity index (χ2n) is 4.19. The molecule has 0 fully saturated rings. The van der Waals surface area contributed by atoms with Crippen LogP contribution in [-0.2, 0) is 14.8 Å². The lowest BCUT2D eigenvalue weighted by Crippen LogP contribution is -2.40. The highest BCUT2D eigenvalue weighted by atomic mass is 32.2. The summed E-state index contributed by atoms with van der Waals surface area (Å²) in [6, 6.07) is 5.66. The SMILES string of the molecule is COc1ccccc1S(=O)(=O)N(CC(=O)O)C(C)C. The zero-order valence-electron chi connectivity index (χ0n) is 11.0. The molecular formula is C12H17NO5S. The van der Waals surface area contributed by atoms with Crippen molar-refractivity contribution in [1.82, 2.24) is 4.31 Å². The maximum Gasteiger partial charge on any atom is 0.318 e. The first-order valence-electron chi connectivity index (χ1n) is 5.67. The third-order valence-corrected chi connectivity index (χ3v) is 4.58. The topological polar surface area (TPSA) is 83.9 Å². The van der Waals surface area contributed by atoms with Gasteiger partial charge in [0.25, 0.3) is 0 Å². The fourth-order valence-corrected chi connectivity index (χ4v) is 3.38. The Labute approximate surface area is 112 Å². The summed E-state index contributed by atoms with van der Waals surface area (Å²) in [5, 5.41) is 8.83. The van der Waals surface area contributed by atoms with E-state index in [4.69, 9.17) is 9.84 Å². The average Bonchev–Trinajstić information content (AvgIpc) is 2.35. The second kappa shape index (κ2) is 6.03. The molecule has 106 valence electrons. The van der Waals surface area contributed by atoms with Crippen LogP contribution in [0.2, 0.25) is 0 Å². The number of hydrogen-bond acceptors (Lipinski definition) is 4. The van der Waals surface area contributed by atoms with Gasteiger partial charge in [0.1, 0.15) is 17.2 Å². The summed E-state index contributed by atoms with van der Waals surface area (Å²) in [5.41, 5.74) is 0. The summed E-state index contributed by atoms with van der Waals surface area (Å²) in [6.45, 7) is 2.66. The molecule has 0 atom stereocenters. The van der Waals surface area contributed by atoms with Crippen LogP contribution in [0.25, 0.3) is 0 Å². The number of hydrogen-bond donors (Lipinski definition) is 1. The first kappa shape index (κ1) is 15.5. The number of para-hydroxylation sites is 1.